The Hall–Kier alpha value is -1.55. The van der Waals surface area contributed by atoms with Gasteiger partial charge in [-0.3, -0.25) is 9.36 Å². The molecule has 2 aromatic heterocycles. The molecule has 0 aliphatic heterocycles. The number of aromatic nitrogens is 3. The average Bonchev–Trinajstić information content (AvgIpc) is 3.42. The third-order valence-corrected chi connectivity index (χ3v) is 9.96. The summed E-state index contributed by atoms with van der Waals surface area (Å²) in [5.74, 6) is 0. The number of hydrogen-bond acceptors (Lipinski definition) is 8. The zero-order chi connectivity index (χ0) is 31.7. The van der Waals surface area contributed by atoms with Gasteiger partial charge in [-0.05, 0) is 19.8 Å². The molecule has 2 aromatic rings. The van der Waals surface area contributed by atoms with Crippen LogP contribution in [0.1, 0.15) is 129 Å². The minimum Gasteiger partial charge on any atom is -0.391 e. The Labute approximate surface area is 265 Å². The molecule has 0 saturated carbocycles. The number of aliphatic hydroxyl groups excluding tert-OH is 1. The van der Waals surface area contributed by atoms with E-state index in [1.54, 1.807) is 13.1 Å². The summed E-state index contributed by atoms with van der Waals surface area (Å²) < 4.78 is 29.9. The van der Waals surface area contributed by atoms with E-state index < -0.39 is 13.7 Å². The van der Waals surface area contributed by atoms with Crippen molar-refractivity contribution in [3.8, 4) is 0 Å². The number of ether oxygens (including phenoxy) is 1. The molecule has 2 atom stereocenters. The Morgan fingerprint density at radius 2 is 1.41 bits per heavy atom. The van der Waals surface area contributed by atoms with Gasteiger partial charge in [-0.25, -0.2) is 4.98 Å². The first-order valence-corrected chi connectivity index (χ1v) is 19.1. The van der Waals surface area contributed by atoms with Gasteiger partial charge in [-0.2, -0.15) is 0 Å². The predicted octanol–water partition coefficient (Wildman–Crippen LogP) is 7.62. The second-order valence-corrected chi connectivity index (χ2v) is 14.0. The number of aliphatic hydroxyl groups is 1. The van der Waals surface area contributed by atoms with E-state index in [0.29, 0.717) is 30.6 Å². The van der Waals surface area contributed by atoms with Crippen LogP contribution in [0.3, 0.4) is 0 Å². The number of unbranched alkanes of at least 4 members (excludes halogenated alkanes) is 15. The van der Waals surface area contributed by atoms with Crippen molar-refractivity contribution in [2.24, 2.45) is 0 Å². The Kier molecular flexibility index (Phi) is 21.6. The molecule has 4 N–H and O–H groups in total. The van der Waals surface area contributed by atoms with Gasteiger partial charge in [0.1, 0.15) is 5.52 Å². The number of aromatic amines is 2. The van der Waals surface area contributed by atoms with Crippen molar-refractivity contribution in [3.63, 3.8) is 0 Å². The summed E-state index contributed by atoms with van der Waals surface area (Å²) >= 11 is 0. The largest absolute Gasteiger partial charge is 0.391 e. The lowest BCUT2D eigenvalue weighted by Gasteiger charge is -2.21. The lowest BCUT2D eigenvalue weighted by atomic mass is 10.0. The molecule has 44 heavy (non-hydrogen) atoms. The van der Waals surface area contributed by atoms with Crippen molar-refractivity contribution in [2.45, 2.75) is 136 Å². The van der Waals surface area contributed by atoms with Crippen LogP contribution in [-0.2, 0) is 24.9 Å². The number of H-pyrrole nitrogens is 2. The molecule has 0 aliphatic carbocycles. The number of nitrogens with one attached hydrogen (secondary N) is 3. The van der Waals surface area contributed by atoms with E-state index in [-0.39, 0.29) is 31.5 Å². The SMILES string of the molecule is CCCCCCCCCCCCCCCCCCOCCCOP(=O)(C[C@H](O)CNCc1c[nH]c2c(=O)[nH]cnc12)OCC. The second-order valence-electron chi connectivity index (χ2n) is 11.9. The van der Waals surface area contributed by atoms with Crippen molar-refractivity contribution >= 4 is 18.6 Å². The maximum absolute atomic E-state index is 13.1. The monoisotopic (exact) mass is 640 g/mol. The molecule has 0 amide bonds. The molecule has 11 heteroatoms. The number of hydrogen-bond donors (Lipinski definition) is 4. The van der Waals surface area contributed by atoms with Crippen molar-refractivity contribution < 1.29 is 23.5 Å². The van der Waals surface area contributed by atoms with E-state index in [9.17, 15) is 14.5 Å². The molecular formula is C33H61N4O6P. The Balaban J connectivity index is 1.42. The van der Waals surface area contributed by atoms with E-state index in [1.165, 1.54) is 103 Å². The highest BCUT2D eigenvalue weighted by atomic mass is 31.2. The molecule has 1 unspecified atom stereocenters. The van der Waals surface area contributed by atoms with Gasteiger partial charge in [0, 0.05) is 38.1 Å². The summed E-state index contributed by atoms with van der Waals surface area (Å²) in [5.41, 5.74) is 1.56. The van der Waals surface area contributed by atoms with Crippen molar-refractivity contribution in [2.75, 3.05) is 39.1 Å². The van der Waals surface area contributed by atoms with Crippen LogP contribution in [0.4, 0.5) is 0 Å². The lowest BCUT2D eigenvalue weighted by Crippen LogP contribution is -2.29. The van der Waals surface area contributed by atoms with Gasteiger partial charge >= 0.3 is 7.60 Å². The first-order chi connectivity index (χ1) is 21.5. The van der Waals surface area contributed by atoms with Gasteiger partial charge in [0.15, 0.2) is 0 Å². The summed E-state index contributed by atoms with van der Waals surface area (Å²) in [5, 5.41) is 13.6. The molecular weight excluding hydrogens is 579 g/mol. The lowest BCUT2D eigenvalue weighted by molar-refractivity contribution is 0.109. The van der Waals surface area contributed by atoms with E-state index in [1.807, 2.05) is 0 Å². The predicted molar refractivity (Wildman–Crippen MR) is 179 cm³/mol. The van der Waals surface area contributed by atoms with Crippen LogP contribution in [-0.4, -0.2) is 65.3 Å². The zero-order valence-corrected chi connectivity index (χ0v) is 28.5. The maximum atomic E-state index is 13.1. The normalized spacial score (nSPS) is 13.9. The summed E-state index contributed by atoms with van der Waals surface area (Å²) in [6, 6.07) is 0. The molecule has 0 aromatic carbocycles. The molecule has 0 spiro atoms. The fourth-order valence-electron chi connectivity index (χ4n) is 5.39. The van der Waals surface area contributed by atoms with Gasteiger partial charge in [-0.1, -0.05) is 103 Å². The van der Waals surface area contributed by atoms with Gasteiger partial charge in [0.2, 0.25) is 0 Å². The standard InChI is InChI=1S/C33H61N4O6P/c1-3-5-6-7-8-9-10-11-12-13-14-15-16-17-18-19-21-41-22-20-23-43-44(40,42-4-2)27-30(38)26-34-24-29-25-35-32-31(29)36-28-37-33(32)39/h25,28,30,34-35,38H,3-24,26-27H2,1-2H3,(H,36,37,39)/t30-,44?/m1/s1. The highest BCUT2D eigenvalue weighted by molar-refractivity contribution is 7.53. The molecule has 0 bridgehead atoms. The molecule has 0 radical (unpaired) electrons. The summed E-state index contributed by atoms with van der Waals surface area (Å²) in [6.45, 7) is 6.41. The highest BCUT2D eigenvalue weighted by Crippen LogP contribution is 2.48. The van der Waals surface area contributed by atoms with E-state index in [4.69, 9.17) is 13.8 Å². The molecule has 2 heterocycles. The fraction of sp³-hybridized carbons (Fsp3) is 0.818. The molecule has 2 rings (SSSR count). The van der Waals surface area contributed by atoms with Gasteiger partial charge in [0.05, 0.1) is 37.3 Å². The first-order valence-electron chi connectivity index (χ1n) is 17.4. The first kappa shape index (κ1) is 38.6. The Morgan fingerprint density at radius 1 is 0.818 bits per heavy atom. The van der Waals surface area contributed by atoms with Crippen LogP contribution in [0.15, 0.2) is 17.3 Å². The number of fused-ring (bicyclic) bond motifs is 1. The van der Waals surface area contributed by atoms with E-state index >= 15 is 0 Å². The molecule has 0 aliphatic rings. The smallest absolute Gasteiger partial charge is 0.333 e. The minimum absolute atomic E-state index is 0.0975. The Bertz CT molecular complexity index is 1080. The van der Waals surface area contributed by atoms with Crippen LogP contribution >= 0.6 is 7.60 Å². The quantitative estimate of drug-likeness (QED) is 0.0505. The van der Waals surface area contributed by atoms with E-state index in [0.717, 1.165) is 18.6 Å². The second kappa shape index (κ2) is 24.7. The zero-order valence-electron chi connectivity index (χ0n) is 27.6. The summed E-state index contributed by atoms with van der Waals surface area (Å²) in [7, 11) is -3.43. The third-order valence-electron chi connectivity index (χ3n) is 7.87. The topological polar surface area (TPSA) is 139 Å². The molecule has 0 fully saturated rings. The van der Waals surface area contributed by atoms with Crippen LogP contribution in [0.5, 0.6) is 0 Å². The van der Waals surface area contributed by atoms with Gasteiger partial charge < -0.3 is 34.2 Å². The van der Waals surface area contributed by atoms with Crippen molar-refractivity contribution in [1.82, 2.24) is 20.3 Å². The van der Waals surface area contributed by atoms with Crippen molar-refractivity contribution in [3.05, 3.63) is 28.4 Å². The number of rotatable bonds is 30. The summed E-state index contributed by atoms with van der Waals surface area (Å²) in [6.07, 6.45) is 24.3. The highest BCUT2D eigenvalue weighted by Gasteiger charge is 2.28. The van der Waals surface area contributed by atoms with E-state index in [2.05, 4.69) is 27.2 Å². The van der Waals surface area contributed by atoms with Crippen LogP contribution in [0.25, 0.3) is 11.0 Å². The number of nitrogens with zero attached hydrogens (tertiary/aromatic N) is 1. The average molecular weight is 641 g/mol. The van der Waals surface area contributed by atoms with Crippen LogP contribution < -0.4 is 10.9 Å². The molecule has 254 valence electrons. The maximum Gasteiger partial charge on any atom is 0.333 e. The summed E-state index contributed by atoms with van der Waals surface area (Å²) in [4.78, 5) is 21.5. The van der Waals surface area contributed by atoms with Crippen LogP contribution in [0.2, 0.25) is 0 Å². The Morgan fingerprint density at radius 3 is 2.02 bits per heavy atom. The van der Waals surface area contributed by atoms with Crippen LogP contribution in [0, 0.1) is 0 Å². The molecule has 0 saturated heterocycles. The third kappa shape index (κ3) is 17.2. The van der Waals surface area contributed by atoms with Gasteiger partial charge in [0.25, 0.3) is 5.56 Å². The molecule has 10 nitrogen and oxygen atoms in total. The fourth-order valence-corrected chi connectivity index (χ4v) is 7.13. The van der Waals surface area contributed by atoms with Crippen molar-refractivity contribution in [1.29, 1.82) is 0 Å². The van der Waals surface area contributed by atoms with Gasteiger partial charge in [-0.15, -0.1) is 0 Å². The minimum atomic E-state index is -3.43.